The summed E-state index contributed by atoms with van der Waals surface area (Å²) in [6, 6.07) is 6.02. The van der Waals surface area contributed by atoms with Gasteiger partial charge in [-0.05, 0) is 18.2 Å². The fourth-order valence-electron chi connectivity index (χ4n) is 1.48. The van der Waals surface area contributed by atoms with Gasteiger partial charge >= 0.3 is 0 Å². The molecular weight excluding hydrogens is 198 g/mol. The third kappa shape index (κ3) is 1.43. The molecule has 1 atom stereocenters. The van der Waals surface area contributed by atoms with E-state index in [9.17, 15) is 0 Å². The average molecular weight is 211 g/mol. The zero-order valence-corrected chi connectivity index (χ0v) is 8.97. The van der Waals surface area contributed by atoms with E-state index in [4.69, 9.17) is 10.6 Å². The Labute approximate surface area is 87.4 Å². The number of nitrogens with two attached hydrogens (primary N) is 1. The van der Waals surface area contributed by atoms with Crippen LogP contribution in [0, 0.1) is 0 Å². The Bertz CT molecular complexity index is 345. The third-order valence-corrected chi connectivity index (χ3v) is 3.54. The molecule has 1 aromatic carbocycles. The molecule has 5 heteroatoms. The van der Waals surface area contributed by atoms with Crippen molar-refractivity contribution in [1.29, 1.82) is 0 Å². The lowest BCUT2D eigenvalue weighted by Crippen LogP contribution is -2.42. The molecule has 2 rings (SSSR count). The number of ether oxygens (including phenoxy) is 1. The molecule has 4 nitrogen and oxygen atoms in total. The first-order valence-electron chi connectivity index (χ1n) is 4.30. The van der Waals surface area contributed by atoms with Gasteiger partial charge in [-0.2, -0.15) is 0 Å². The van der Waals surface area contributed by atoms with Gasteiger partial charge < -0.3 is 9.64 Å². The van der Waals surface area contributed by atoms with E-state index in [0.29, 0.717) is 0 Å². The van der Waals surface area contributed by atoms with Crippen LogP contribution < -0.4 is 20.9 Å². The minimum atomic E-state index is 0.108. The van der Waals surface area contributed by atoms with Gasteiger partial charge in [0.2, 0.25) is 0 Å². The standard InChI is InChI=1S/C9H13N3OS/c1-12-7-4-3-6(13-2)5-8(7)14-9(12)11-10/h3-5,9,11H,10H2,1-2H3. The molecule has 1 aromatic rings. The highest BCUT2D eigenvalue weighted by Crippen LogP contribution is 2.42. The van der Waals surface area contributed by atoms with Crippen molar-refractivity contribution in [2.75, 3.05) is 19.1 Å². The van der Waals surface area contributed by atoms with Crippen LogP contribution in [0.3, 0.4) is 0 Å². The van der Waals surface area contributed by atoms with E-state index in [1.807, 2.05) is 25.2 Å². The van der Waals surface area contributed by atoms with E-state index in [-0.39, 0.29) is 5.50 Å². The molecule has 0 amide bonds. The van der Waals surface area contributed by atoms with Gasteiger partial charge in [0.25, 0.3) is 0 Å². The largest absolute Gasteiger partial charge is 0.497 e. The molecule has 0 bridgehead atoms. The summed E-state index contributed by atoms with van der Waals surface area (Å²) in [7, 11) is 3.68. The molecule has 1 aliphatic rings. The van der Waals surface area contributed by atoms with Crippen LogP contribution in [0.1, 0.15) is 0 Å². The number of hydrogen-bond acceptors (Lipinski definition) is 5. The van der Waals surface area contributed by atoms with Crippen molar-refractivity contribution in [3.8, 4) is 5.75 Å². The minimum absolute atomic E-state index is 0.108. The zero-order chi connectivity index (χ0) is 10.1. The van der Waals surface area contributed by atoms with Crippen LogP contribution in [0.25, 0.3) is 0 Å². The van der Waals surface area contributed by atoms with Crippen LogP contribution in [-0.2, 0) is 0 Å². The number of fused-ring (bicyclic) bond motifs is 1. The van der Waals surface area contributed by atoms with Crippen LogP contribution >= 0.6 is 11.8 Å². The zero-order valence-electron chi connectivity index (χ0n) is 8.15. The number of methoxy groups -OCH3 is 1. The van der Waals surface area contributed by atoms with Crippen molar-refractivity contribution in [3.63, 3.8) is 0 Å². The number of rotatable bonds is 2. The Hall–Kier alpha value is -0.910. The molecule has 1 heterocycles. The average Bonchev–Trinajstić information content (AvgIpc) is 2.55. The van der Waals surface area contributed by atoms with Crippen molar-refractivity contribution in [2.24, 2.45) is 5.84 Å². The molecule has 3 N–H and O–H groups in total. The number of benzene rings is 1. The van der Waals surface area contributed by atoms with Crippen molar-refractivity contribution in [3.05, 3.63) is 18.2 Å². The normalized spacial score (nSPS) is 19.6. The molecule has 0 saturated heterocycles. The minimum Gasteiger partial charge on any atom is -0.497 e. The molecular formula is C9H13N3OS. The Morgan fingerprint density at radius 1 is 1.57 bits per heavy atom. The smallest absolute Gasteiger partial charge is 0.144 e. The van der Waals surface area contributed by atoms with E-state index in [1.165, 1.54) is 10.6 Å². The van der Waals surface area contributed by atoms with E-state index < -0.39 is 0 Å². The molecule has 1 unspecified atom stereocenters. The molecule has 0 aromatic heterocycles. The lowest BCUT2D eigenvalue weighted by Gasteiger charge is -2.19. The predicted molar refractivity (Wildman–Crippen MR) is 58.4 cm³/mol. The highest BCUT2D eigenvalue weighted by atomic mass is 32.2. The quantitative estimate of drug-likeness (QED) is 0.564. The maximum Gasteiger partial charge on any atom is 0.144 e. The predicted octanol–water partition coefficient (Wildman–Crippen LogP) is 0.984. The first-order chi connectivity index (χ1) is 6.76. The Morgan fingerprint density at radius 2 is 2.36 bits per heavy atom. The van der Waals surface area contributed by atoms with Crippen molar-refractivity contribution >= 4 is 17.4 Å². The summed E-state index contributed by atoms with van der Waals surface area (Å²) in [5, 5.41) is 0. The second-order valence-electron chi connectivity index (χ2n) is 3.08. The van der Waals surface area contributed by atoms with Gasteiger partial charge in [0.15, 0.2) is 0 Å². The second-order valence-corrected chi connectivity index (χ2v) is 4.20. The first-order valence-corrected chi connectivity index (χ1v) is 5.18. The lowest BCUT2D eigenvalue weighted by atomic mass is 10.3. The number of nitrogens with zero attached hydrogens (tertiary/aromatic N) is 1. The Balaban J connectivity index is 2.34. The fraction of sp³-hybridized carbons (Fsp3) is 0.333. The summed E-state index contributed by atoms with van der Waals surface area (Å²) in [5.41, 5.74) is 4.03. The number of hydrazine groups is 1. The molecule has 0 fully saturated rings. The third-order valence-electron chi connectivity index (χ3n) is 2.28. The van der Waals surface area contributed by atoms with Gasteiger partial charge in [-0.3, -0.25) is 5.84 Å². The van der Waals surface area contributed by atoms with E-state index >= 15 is 0 Å². The molecule has 14 heavy (non-hydrogen) atoms. The van der Waals surface area contributed by atoms with Gasteiger partial charge in [-0.25, -0.2) is 5.43 Å². The van der Waals surface area contributed by atoms with Crippen LogP contribution in [0.5, 0.6) is 5.75 Å². The summed E-state index contributed by atoms with van der Waals surface area (Å²) in [6.45, 7) is 0. The lowest BCUT2D eigenvalue weighted by molar-refractivity contribution is 0.414. The van der Waals surface area contributed by atoms with Crippen molar-refractivity contribution in [1.82, 2.24) is 5.43 Å². The van der Waals surface area contributed by atoms with Crippen molar-refractivity contribution < 1.29 is 4.74 Å². The van der Waals surface area contributed by atoms with E-state index in [0.717, 1.165) is 5.75 Å². The summed E-state index contributed by atoms with van der Waals surface area (Å²) >= 11 is 1.68. The second kappa shape index (κ2) is 3.68. The van der Waals surface area contributed by atoms with E-state index in [1.54, 1.807) is 18.9 Å². The number of thioether (sulfide) groups is 1. The summed E-state index contributed by atoms with van der Waals surface area (Å²) in [6.07, 6.45) is 0. The van der Waals surface area contributed by atoms with Crippen LogP contribution in [0.2, 0.25) is 0 Å². The van der Waals surface area contributed by atoms with Crippen LogP contribution in [0.4, 0.5) is 5.69 Å². The maximum atomic E-state index is 5.43. The van der Waals surface area contributed by atoms with Crippen LogP contribution in [-0.4, -0.2) is 19.7 Å². The Morgan fingerprint density at radius 3 is 3.00 bits per heavy atom. The van der Waals surface area contributed by atoms with E-state index in [2.05, 4.69) is 10.3 Å². The maximum absolute atomic E-state index is 5.43. The molecule has 0 radical (unpaired) electrons. The molecule has 0 saturated carbocycles. The number of anilines is 1. The molecule has 0 spiro atoms. The highest BCUT2D eigenvalue weighted by molar-refractivity contribution is 8.00. The first kappa shape index (κ1) is 9.64. The Kier molecular flexibility index (Phi) is 2.54. The summed E-state index contributed by atoms with van der Waals surface area (Å²) in [4.78, 5) is 3.29. The van der Waals surface area contributed by atoms with Gasteiger partial charge in [-0.15, -0.1) is 0 Å². The van der Waals surface area contributed by atoms with Crippen LogP contribution in [0.15, 0.2) is 23.1 Å². The number of hydrogen-bond donors (Lipinski definition) is 2. The fourth-order valence-corrected chi connectivity index (χ4v) is 2.58. The molecule has 0 aliphatic carbocycles. The molecule has 76 valence electrons. The summed E-state index contributed by atoms with van der Waals surface area (Å²) < 4.78 is 5.16. The number of nitrogens with one attached hydrogen (secondary N) is 1. The highest BCUT2D eigenvalue weighted by Gasteiger charge is 2.26. The van der Waals surface area contributed by atoms with Gasteiger partial charge in [-0.1, -0.05) is 11.8 Å². The van der Waals surface area contributed by atoms with Crippen molar-refractivity contribution in [2.45, 2.75) is 10.4 Å². The molecule has 1 aliphatic heterocycles. The monoisotopic (exact) mass is 211 g/mol. The van der Waals surface area contributed by atoms with Gasteiger partial charge in [0.1, 0.15) is 11.2 Å². The van der Waals surface area contributed by atoms with Gasteiger partial charge in [0.05, 0.1) is 12.8 Å². The SMILES string of the molecule is COc1ccc2c(c1)SC(NN)N2C. The summed E-state index contributed by atoms with van der Waals surface area (Å²) in [5.74, 6) is 6.31. The van der Waals surface area contributed by atoms with Gasteiger partial charge in [0, 0.05) is 11.9 Å². The topological polar surface area (TPSA) is 50.5 Å².